The standard InChI is InChI=1S/C31H38N4O6/c1-32-11-12-33(18-28(36)27-13-19-5-3-4-6-21(19)17-34(27)31(39)40)30(38)25-10-7-20(14-26(25)32)29(37)35-22-8-9-23(35)16-24(15-22)41-2/h3-7,10,14,22-24,27-28,36H,8-9,11-13,15-18H2,1-2H3,(H,39,40)/t22?,23?,24?,27-,28?/m0/s1. The first-order valence-corrected chi connectivity index (χ1v) is 14.5. The fraction of sp³-hybridized carbons (Fsp3) is 0.516. The first-order valence-electron chi connectivity index (χ1n) is 14.5. The Morgan fingerprint density at radius 2 is 1.76 bits per heavy atom. The van der Waals surface area contributed by atoms with Gasteiger partial charge in [0.15, 0.2) is 0 Å². The lowest BCUT2D eigenvalue weighted by atomic mass is 9.91. The van der Waals surface area contributed by atoms with Crippen LogP contribution in [0.2, 0.25) is 0 Å². The molecule has 2 aromatic rings. The SMILES string of the molecule is COC1CC2CCC(C1)N2C(=O)c1ccc2c(c1)N(C)CCN(CC(O)[C@@H]1Cc3ccccc3CN1C(=O)O)C2=O. The average molecular weight is 563 g/mol. The van der Waals surface area contributed by atoms with Crippen molar-refractivity contribution in [1.82, 2.24) is 14.7 Å². The first kappa shape index (κ1) is 27.5. The van der Waals surface area contributed by atoms with Gasteiger partial charge in [-0.3, -0.25) is 14.5 Å². The van der Waals surface area contributed by atoms with E-state index in [1.54, 1.807) is 24.1 Å². The van der Waals surface area contributed by atoms with E-state index in [4.69, 9.17) is 4.74 Å². The smallest absolute Gasteiger partial charge is 0.407 e. The molecule has 0 saturated carbocycles. The second kappa shape index (κ2) is 11.0. The van der Waals surface area contributed by atoms with Crippen LogP contribution in [0.3, 0.4) is 0 Å². The molecule has 0 aromatic heterocycles. The van der Waals surface area contributed by atoms with E-state index in [0.29, 0.717) is 36.3 Å². The Kier molecular flexibility index (Phi) is 7.37. The van der Waals surface area contributed by atoms with Crippen LogP contribution in [0.25, 0.3) is 0 Å². The van der Waals surface area contributed by atoms with Gasteiger partial charge in [-0.05, 0) is 61.4 Å². The molecule has 3 amide bonds. The number of carboxylic acid groups (broad SMARTS) is 1. The molecule has 0 spiro atoms. The quantitative estimate of drug-likeness (QED) is 0.576. The van der Waals surface area contributed by atoms with Crippen LogP contribution in [-0.4, -0.2) is 107 Å². The van der Waals surface area contributed by atoms with Crippen molar-refractivity contribution in [2.75, 3.05) is 38.7 Å². The molecule has 218 valence electrons. The summed E-state index contributed by atoms with van der Waals surface area (Å²) in [7, 11) is 3.64. The maximum atomic E-state index is 13.7. The van der Waals surface area contributed by atoms with Crippen LogP contribution in [0.1, 0.15) is 57.5 Å². The predicted molar refractivity (Wildman–Crippen MR) is 152 cm³/mol. The third-order valence-corrected chi connectivity index (χ3v) is 9.52. The van der Waals surface area contributed by atoms with Gasteiger partial charge in [-0.25, -0.2) is 4.79 Å². The van der Waals surface area contributed by atoms with E-state index in [0.717, 1.165) is 36.8 Å². The number of β-amino-alcohol motifs (C(OH)–C–C–N with tert-alkyl or cyclic N) is 1. The normalized spacial score (nSPS) is 26.4. The van der Waals surface area contributed by atoms with Gasteiger partial charge in [0, 0.05) is 58.0 Å². The number of aliphatic hydroxyl groups excluding tert-OH is 1. The Balaban J connectivity index is 1.20. The van der Waals surface area contributed by atoms with Gasteiger partial charge < -0.3 is 29.6 Å². The molecular formula is C31H38N4O6. The number of carbonyl (C=O) groups excluding carboxylic acids is 2. The van der Waals surface area contributed by atoms with Crippen molar-refractivity contribution in [2.45, 2.75) is 69.0 Å². The van der Waals surface area contributed by atoms with Gasteiger partial charge in [0.2, 0.25) is 0 Å². The minimum atomic E-state index is -1.09. The zero-order valence-electron chi connectivity index (χ0n) is 23.6. The molecule has 0 radical (unpaired) electrons. The summed E-state index contributed by atoms with van der Waals surface area (Å²) in [5.74, 6) is -0.236. The topological polar surface area (TPSA) is 114 Å². The number of hydrogen-bond donors (Lipinski definition) is 2. The van der Waals surface area contributed by atoms with Crippen molar-refractivity contribution < 1.29 is 29.3 Å². The molecule has 4 atom stereocenters. The molecule has 4 aliphatic rings. The first-order chi connectivity index (χ1) is 19.7. The van der Waals surface area contributed by atoms with Crippen LogP contribution in [-0.2, 0) is 17.7 Å². The Morgan fingerprint density at radius 1 is 1.05 bits per heavy atom. The molecule has 3 unspecified atom stereocenters. The lowest BCUT2D eigenvalue weighted by Crippen LogP contribution is -2.54. The number of methoxy groups -OCH3 is 1. The summed E-state index contributed by atoms with van der Waals surface area (Å²) in [5, 5.41) is 21.1. The number of anilines is 1. The number of aliphatic hydroxyl groups is 1. The molecule has 6 rings (SSSR count). The molecule has 2 saturated heterocycles. The zero-order chi connectivity index (χ0) is 28.8. The van der Waals surface area contributed by atoms with Gasteiger partial charge in [0.25, 0.3) is 11.8 Å². The second-order valence-electron chi connectivity index (χ2n) is 11.8. The third kappa shape index (κ3) is 5.04. The van der Waals surface area contributed by atoms with Crippen molar-refractivity contribution >= 4 is 23.6 Å². The Bertz CT molecular complexity index is 1340. The number of hydrogen-bond acceptors (Lipinski definition) is 6. The highest BCUT2D eigenvalue weighted by atomic mass is 16.5. The number of benzene rings is 2. The van der Waals surface area contributed by atoms with E-state index in [-0.39, 0.29) is 43.1 Å². The van der Waals surface area contributed by atoms with E-state index in [9.17, 15) is 24.6 Å². The number of carbonyl (C=O) groups is 3. The number of fused-ring (bicyclic) bond motifs is 4. The Morgan fingerprint density at radius 3 is 2.44 bits per heavy atom. The van der Waals surface area contributed by atoms with Crippen molar-refractivity contribution in [1.29, 1.82) is 0 Å². The summed E-state index contributed by atoms with van der Waals surface area (Å²) < 4.78 is 5.59. The van der Waals surface area contributed by atoms with Crippen molar-refractivity contribution in [3.63, 3.8) is 0 Å². The second-order valence-corrected chi connectivity index (χ2v) is 11.8. The monoisotopic (exact) mass is 562 g/mol. The average Bonchev–Trinajstić information content (AvgIpc) is 3.18. The minimum absolute atomic E-state index is 0.00132. The van der Waals surface area contributed by atoms with E-state index < -0.39 is 18.2 Å². The highest BCUT2D eigenvalue weighted by Gasteiger charge is 2.44. The van der Waals surface area contributed by atoms with Crippen LogP contribution in [0.15, 0.2) is 42.5 Å². The summed E-state index contributed by atoms with van der Waals surface area (Å²) in [4.78, 5) is 46.3. The number of piperidine rings is 1. The maximum Gasteiger partial charge on any atom is 0.407 e. The van der Waals surface area contributed by atoms with Gasteiger partial charge in [-0.2, -0.15) is 0 Å². The van der Waals surface area contributed by atoms with Crippen molar-refractivity contribution in [3.05, 3.63) is 64.7 Å². The summed E-state index contributed by atoms with van der Waals surface area (Å²) in [5.41, 5.74) is 3.68. The summed E-state index contributed by atoms with van der Waals surface area (Å²) in [6, 6.07) is 12.6. The van der Waals surface area contributed by atoms with Gasteiger partial charge >= 0.3 is 6.09 Å². The summed E-state index contributed by atoms with van der Waals surface area (Å²) in [6.45, 7) is 1.11. The van der Waals surface area contributed by atoms with Gasteiger partial charge in [0.05, 0.1) is 29.5 Å². The lowest BCUT2D eigenvalue weighted by molar-refractivity contribution is 0.00819. The van der Waals surface area contributed by atoms with Crippen LogP contribution < -0.4 is 4.90 Å². The van der Waals surface area contributed by atoms with Crippen LogP contribution in [0, 0.1) is 0 Å². The Hall–Kier alpha value is -3.63. The largest absolute Gasteiger partial charge is 0.465 e. The van der Waals surface area contributed by atoms with Crippen molar-refractivity contribution in [3.8, 4) is 0 Å². The maximum absolute atomic E-state index is 13.7. The van der Waals surface area contributed by atoms with Crippen LogP contribution in [0.5, 0.6) is 0 Å². The minimum Gasteiger partial charge on any atom is -0.465 e. The molecule has 4 aliphatic heterocycles. The lowest BCUT2D eigenvalue weighted by Gasteiger charge is -2.39. The highest BCUT2D eigenvalue weighted by Crippen LogP contribution is 2.38. The molecule has 2 fully saturated rings. The zero-order valence-corrected chi connectivity index (χ0v) is 23.6. The summed E-state index contributed by atoms with van der Waals surface area (Å²) >= 11 is 0. The molecule has 10 nitrogen and oxygen atoms in total. The third-order valence-electron chi connectivity index (χ3n) is 9.52. The molecule has 4 heterocycles. The predicted octanol–water partition coefficient (Wildman–Crippen LogP) is 2.83. The Labute approximate surface area is 240 Å². The van der Waals surface area contributed by atoms with Crippen LogP contribution in [0.4, 0.5) is 10.5 Å². The van der Waals surface area contributed by atoms with Crippen molar-refractivity contribution in [2.24, 2.45) is 0 Å². The van der Waals surface area contributed by atoms with Gasteiger partial charge in [0.1, 0.15) is 0 Å². The fourth-order valence-electron chi connectivity index (χ4n) is 7.25. The van der Waals surface area contributed by atoms with E-state index in [1.807, 2.05) is 47.2 Å². The van der Waals surface area contributed by atoms with E-state index >= 15 is 0 Å². The molecule has 2 N–H and O–H groups in total. The number of likely N-dealkylation sites (N-methyl/N-ethyl adjacent to an activating group) is 1. The number of amides is 3. The van der Waals surface area contributed by atoms with E-state index in [1.165, 1.54) is 4.90 Å². The summed E-state index contributed by atoms with van der Waals surface area (Å²) in [6.07, 6.45) is 2.12. The molecule has 2 bridgehead atoms. The molecule has 10 heteroatoms. The van der Waals surface area contributed by atoms with Gasteiger partial charge in [-0.15, -0.1) is 0 Å². The van der Waals surface area contributed by atoms with Crippen LogP contribution >= 0.6 is 0 Å². The number of rotatable bonds is 5. The molecular weight excluding hydrogens is 524 g/mol. The highest BCUT2D eigenvalue weighted by molar-refractivity contribution is 6.03. The molecule has 0 aliphatic carbocycles. The fourth-order valence-corrected chi connectivity index (χ4v) is 7.25. The molecule has 41 heavy (non-hydrogen) atoms. The van der Waals surface area contributed by atoms with E-state index in [2.05, 4.69) is 0 Å². The van der Waals surface area contributed by atoms with Gasteiger partial charge in [-0.1, -0.05) is 24.3 Å². The molecule has 2 aromatic carbocycles. The number of ether oxygens (including phenoxy) is 1. The number of nitrogens with zero attached hydrogens (tertiary/aromatic N) is 4.